The molecule has 1 aromatic heterocycles. The van der Waals surface area contributed by atoms with Crippen molar-refractivity contribution in [2.45, 2.75) is 39.8 Å². The molecular formula is C19H23N3. The fourth-order valence-electron chi connectivity index (χ4n) is 3.32. The van der Waals surface area contributed by atoms with Crippen molar-refractivity contribution in [3.05, 3.63) is 48.0 Å². The number of hydrogen-bond donors (Lipinski definition) is 2. The molecule has 3 aromatic rings. The van der Waals surface area contributed by atoms with Crippen molar-refractivity contribution in [2.24, 2.45) is 0 Å². The summed E-state index contributed by atoms with van der Waals surface area (Å²) in [6.45, 7) is 8.56. The zero-order chi connectivity index (χ0) is 15.9. The van der Waals surface area contributed by atoms with Crippen molar-refractivity contribution < 1.29 is 0 Å². The van der Waals surface area contributed by atoms with Crippen LogP contribution in [0.4, 0.5) is 0 Å². The van der Waals surface area contributed by atoms with E-state index in [1.807, 2.05) is 18.2 Å². The summed E-state index contributed by atoms with van der Waals surface area (Å²) in [6, 6.07) is 15.1. The Labute approximate surface area is 131 Å². The van der Waals surface area contributed by atoms with E-state index in [2.05, 4.69) is 61.8 Å². The third-order valence-corrected chi connectivity index (χ3v) is 4.17. The third kappa shape index (κ3) is 2.27. The molecule has 0 spiro atoms. The second-order valence-corrected chi connectivity index (χ2v) is 6.34. The van der Waals surface area contributed by atoms with Crippen LogP contribution in [0, 0.1) is 5.41 Å². The van der Waals surface area contributed by atoms with E-state index in [1.54, 1.807) is 0 Å². The maximum atomic E-state index is 8.71. The second kappa shape index (κ2) is 5.48. The van der Waals surface area contributed by atoms with Gasteiger partial charge in [0.15, 0.2) is 0 Å². The summed E-state index contributed by atoms with van der Waals surface area (Å²) in [4.78, 5) is 5.65. The van der Waals surface area contributed by atoms with E-state index >= 15 is 0 Å². The summed E-state index contributed by atoms with van der Waals surface area (Å²) in [6.07, 6.45) is 0. The number of H-pyrrole nitrogens is 1. The molecule has 0 aliphatic rings. The Balaban J connectivity index is 2.20. The molecule has 2 N–H and O–H groups in total. The number of aromatic amines is 1. The highest BCUT2D eigenvalue weighted by atomic mass is 15.2. The van der Waals surface area contributed by atoms with Gasteiger partial charge in [0.05, 0.1) is 5.52 Å². The first-order valence-electron chi connectivity index (χ1n) is 7.87. The first-order valence-corrected chi connectivity index (χ1v) is 7.87. The second-order valence-electron chi connectivity index (χ2n) is 6.34. The fraction of sp³-hybridized carbons (Fsp3) is 0.316. The Kier molecular flexibility index (Phi) is 3.65. The van der Waals surface area contributed by atoms with Crippen LogP contribution in [0.5, 0.6) is 0 Å². The molecule has 0 radical (unpaired) electrons. The summed E-state index contributed by atoms with van der Waals surface area (Å²) in [7, 11) is 0. The van der Waals surface area contributed by atoms with Crippen LogP contribution in [0.1, 0.15) is 33.3 Å². The molecule has 0 unspecified atom stereocenters. The molecule has 0 amide bonds. The van der Waals surface area contributed by atoms with Crippen molar-refractivity contribution in [1.29, 1.82) is 5.41 Å². The van der Waals surface area contributed by atoms with Crippen LogP contribution in [-0.2, 0) is 0 Å². The smallest absolute Gasteiger partial charge is 0.130 e. The molecule has 114 valence electrons. The van der Waals surface area contributed by atoms with E-state index in [-0.39, 0.29) is 0 Å². The summed E-state index contributed by atoms with van der Waals surface area (Å²) in [5, 5.41) is 11.1. The minimum atomic E-state index is 0.298. The Bertz CT molecular complexity index is 819. The van der Waals surface area contributed by atoms with Crippen LogP contribution in [0.3, 0.4) is 0 Å². The zero-order valence-corrected chi connectivity index (χ0v) is 13.6. The third-order valence-electron chi connectivity index (χ3n) is 4.17. The van der Waals surface area contributed by atoms with E-state index in [1.165, 1.54) is 10.8 Å². The summed E-state index contributed by atoms with van der Waals surface area (Å²) in [5.41, 5.74) is 3.15. The topological polar surface area (TPSA) is 42.9 Å². The standard InChI is InChI=1S/C19H23N3/c1-12(2)22(13(3)4)19(20)16-10-7-9-15-14-8-5-6-11-17(14)21-18(15)16/h5-13,20-21H,1-4H3. The minimum absolute atomic E-state index is 0.298. The number of amidine groups is 1. The molecule has 0 saturated carbocycles. The van der Waals surface area contributed by atoms with Crippen molar-refractivity contribution in [1.82, 2.24) is 9.88 Å². The molecule has 3 rings (SSSR count). The molecule has 3 heteroatoms. The van der Waals surface area contributed by atoms with Crippen LogP contribution >= 0.6 is 0 Å². The van der Waals surface area contributed by atoms with Gasteiger partial charge in [0, 0.05) is 33.9 Å². The van der Waals surface area contributed by atoms with E-state index < -0.39 is 0 Å². The van der Waals surface area contributed by atoms with Gasteiger partial charge < -0.3 is 9.88 Å². The van der Waals surface area contributed by atoms with E-state index in [0.29, 0.717) is 17.9 Å². The molecule has 0 fully saturated rings. The lowest BCUT2D eigenvalue weighted by Gasteiger charge is -2.33. The quantitative estimate of drug-likeness (QED) is 0.530. The van der Waals surface area contributed by atoms with E-state index in [0.717, 1.165) is 16.6 Å². The Morgan fingerprint density at radius 2 is 1.55 bits per heavy atom. The van der Waals surface area contributed by atoms with Gasteiger partial charge in [0.1, 0.15) is 5.84 Å². The van der Waals surface area contributed by atoms with Crippen molar-refractivity contribution in [3.63, 3.8) is 0 Å². The molecule has 2 aromatic carbocycles. The van der Waals surface area contributed by atoms with Crippen molar-refractivity contribution >= 4 is 27.6 Å². The Morgan fingerprint density at radius 3 is 2.23 bits per heavy atom. The summed E-state index contributed by atoms with van der Waals surface area (Å²) < 4.78 is 0. The van der Waals surface area contributed by atoms with Gasteiger partial charge in [-0.2, -0.15) is 0 Å². The molecule has 0 bridgehead atoms. The number of nitrogens with zero attached hydrogens (tertiary/aromatic N) is 1. The van der Waals surface area contributed by atoms with E-state index in [4.69, 9.17) is 5.41 Å². The van der Waals surface area contributed by atoms with Gasteiger partial charge in [-0.1, -0.05) is 30.3 Å². The lowest BCUT2D eigenvalue weighted by molar-refractivity contribution is 0.291. The van der Waals surface area contributed by atoms with Gasteiger partial charge in [0.25, 0.3) is 0 Å². The van der Waals surface area contributed by atoms with Crippen LogP contribution in [-0.4, -0.2) is 27.8 Å². The average Bonchev–Trinajstić information content (AvgIpc) is 2.84. The highest BCUT2D eigenvalue weighted by molar-refractivity contribution is 6.15. The minimum Gasteiger partial charge on any atom is -0.354 e. The molecule has 0 aliphatic heterocycles. The number of nitrogens with one attached hydrogen (secondary N) is 2. The molecule has 1 heterocycles. The van der Waals surface area contributed by atoms with E-state index in [9.17, 15) is 0 Å². The van der Waals surface area contributed by atoms with Crippen LogP contribution in [0.15, 0.2) is 42.5 Å². The van der Waals surface area contributed by atoms with Crippen LogP contribution in [0.2, 0.25) is 0 Å². The summed E-state index contributed by atoms with van der Waals surface area (Å²) in [5.74, 6) is 0.585. The predicted octanol–water partition coefficient (Wildman–Crippen LogP) is 4.77. The van der Waals surface area contributed by atoms with Gasteiger partial charge in [-0.3, -0.25) is 5.41 Å². The lowest BCUT2D eigenvalue weighted by atomic mass is 10.1. The number of rotatable bonds is 3. The largest absolute Gasteiger partial charge is 0.354 e. The van der Waals surface area contributed by atoms with Gasteiger partial charge in [-0.15, -0.1) is 0 Å². The molecule has 0 aliphatic carbocycles. The van der Waals surface area contributed by atoms with Crippen LogP contribution < -0.4 is 0 Å². The van der Waals surface area contributed by atoms with Gasteiger partial charge in [0.2, 0.25) is 0 Å². The van der Waals surface area contributed by atoms with Gasteiger partial charge in [-0.05, 0) is 39.8 Å². The molecule has 22 heavy (non-hydrogen) atoms. The Hall–Kier alpha value is -2.29. The average molecular weight is 293 g/mol. The van der Waals surface area contributed by atoms with Crippen LogP contribution in [0.25, 0.3) is 21.8 Å². The molecular weight excluding hydrogens is 270 g/mol. The van der Waals surface area contributed by atoms with Crippen molar-refractivity contribution in [3.8, 4) is 0 Å². The number of hydrogen-bond acceptors (Lipinski definition) is 1. The molecule has 0 saturated heterocycles. The number of fused-ring (bicyclic) bond motifs is 3. The first-order chi connectivity index (χ1) is 10.5. The highest BCUT2D eigenvalue weighted by Gasteiger charge is 2.20. The summed E-state index contributed by atoms with van der Waals surface area (Å²) >= 11 is 0. The monoisotopic (exact) mass is 293 g/mol. The maximum absolute atomic E-state index is 8.71. The number of aromatic nitrogens is 1. The first kappa shape index (κ1) is 14.6. The number of benzene rings is 2. The van der Waals surface area contributed by atoms with Gasteiger partial charge >= 0.3 is 0 Å². The van der Waals surface area contributed by atoms with Gasteiger partial charge in [-0.25, -0.2) is 0 Å². The predicted molar refractivity (Wildman–Crippen MR) is 94.7 cm³/mol. The number of para-hydroxylation sites is 2. The SMILES string of the molecule is CC(C)N(C(=N)c1cccc2c1[nH]c1ccccc12)C(C)C. The zero-order valence-electron chi connectivity index (χ0n) is 13.6. The normalized spacial score (nSPS) is 11.7. The fourth-order valence-corrected chi connectivity index (χ4v) is 3.32. The van der Waals surface area contributed by atoms with Crippen molar-refractivity contribution in [2.75, 3.05) is 0 Å². The molecule has 3 nitrogen and oxygen atoms in total. The highest BCUT2D eigenvalue weighted by Crippen LogP contribution is 2.28. The lowest BCUT2D eigenvalue weighted by Crippen LogP contribution is -2.42. The maximum Gasteiger partial charge on any atom is 0.130 e. The Morgan fingerprint density at radius 1 is 0.909 bits per heavy atom. The molecule has 0 atom stereocenters.